The molecule has 34 heavy (non-hydrogen) atoms. The van der Waals surface area contributed by atoms with Gasteiger partial charge < -0.3 is 15.4 Å². The number of carbonyl (C=O) groups is 2. The number of alkyl carbamates (subject to hydrolysis) is 1. The Morgan fingerprint density at radius 2 is 1.88 bits per heavy atom. The first-order valence-electron chi connectivity index (χ1n) is 11.2. The maximum atomic E-state index is 13.7. The molecule has 0 saturated heterocycles. The minimum absolute atomic E-state index is 0.276. The first-order chi connectivity index (χ1) is 16.1. The van der Waals surface area contributed by atoms with E-state index in [1.807, 2.05) is 61.6 Å². The molecule has 178 valence electrons. The van der Waals surface area contributed by atoms with Gasteiger partial charge in [-0.3, -0.25) is 9.48 Å². The predicted octanol–water partition coefficient (Wildman–Crippen LogP) is 4.83. The highest BCUT2D eigenvalue weighted by Crippen LogP contribution is 2.39. The maximum absolute atomic E-state index is 13.7. The van der Waals surface area contributed by atoms with E-state index in [1.165, 1.54) is 0 Å². The number of aromatic nitrogens is 2. The lowest BCUT2D eigenvalue weighted by molar-refractivity contribution is -0.128. The van der Waals surface area contributed by atoms with Gasteiger partial charge in [-0.1, -0.05) is 52.3 Å². The van der Waals surface area contributed by atoms with Gasteiger partial charge in [0, 0.05) is 17.1 Å². The van der Waals surface area contributed by atoms with Crippen LogP contribution in [-0.4, -0.2) is 27.4 Å². The number of fused-ring (bicyclic) bond motifs is 1. The molecule has 1 atom stereocenters. The van der Waals surface area contributed by atoms with Gasteiger partial charge in [-0.15, -0.1) is 0 Å². The van der Waals surface area contributed by atoms with Crippen LogP contribution in [0, 0.1) is 0 Å². The number of carbonyl (C=O) groups excluding carboxylic acids is 2. The number of hydrogen-bond acceptors (Lipinski definition) is 4. The molecule has 0 aliphatic heterocycles. The van der Waals surface area contributed by atoms with Crippen molar-refractivity contribution < 1.29 is 14.3 Å². The second-order valence-electron chi connectivity index (χ2n) is 9.53. The Bertz CT molecular complexity index is 1220. The Balaban J connectivity index is 1.58. The Labute approximate surface area is 208 Å². The van der Waals surface area contributed by atoms with Crippen LogP contribution in [0.25, 0.3) is 11.3 Å². The van der Waals surface area contributed by atoms with Crippen molar-refractivity contribution in [3.05, 3.63) is 75.9 Å². The molecule has 4 rings (SSSR count). The summed E-state index contributed by atoms with van der Waals surface area (Å²) in [6.45, 7) is 5.67. The van der Waals surface area contributed by atoms with Crippen molar-refractivity contribution in [2.24, 2.45) is 7.05 Å². The van der Waals surface area contributed by atoms with Gasteiger partial charge in [-0.2, -0.15) is 5.10 Å². The van der Waals surface area contributed by atoms with Crippen LogP contribution in [0.1, 0.15) is 44.0 Å². The molecule has 1 aliphatic rings. The number of aryl methyl sites for hydroxylation is 2. The quantitative estimate of drug-likeness (QED) is 0.500. The minimum Gasteiger partial charge on any atom is -0.444 e. The van der Waals surface area contributed by atoms with Gasteiger partial charge in [-0.25, -0.2) is 4.79 Å². The Morgan fingerprint density at radius 3 is 2.59 bits per heavy atom. The molecule has 1 unspecified atom stereocenters. The molecule has 0 saturated carbocycles. The third-order valence-electron chi connectivity index (χ3n) is 5.87. The average molecular weight is 525 g/mol. The third-order valence-corrected chi connectivity index (χ3v) is 6.37. The van der Waals surface area contributed by atoms with Crippen LogP contribution in [0.2, 0.25) is 0 Å². The topological polar surface area (TPSA) is 85.3 Å². The molecule has 1 heterocycles. The van der Waals surface area contributed by atoms with Crippen LogP contribution in [0.15, 0.2) is 59.1 Å². The lowest BCUT2D eigenvalue weighted by atomic mass is 9.90. The molecular formula is C26H29BrN4O3. The molecule has 1 aromatic heterocycles. The second kappa shape index (κ2) is 9.25. The van der Waals surface area contributed by atoms with Gasteiger partial charge >= 0.3 is 6.09 Å². The van der Waals surface area contributed by atoms with Crippen molar-refractivity contribution >= 4 is 27.9 Å². The summed E-state index contributed by atoms with van der Waals surface area (Å²) in [6.07, 6.45) is 0.497. The number of ether oxygens (including phenoxy) is 1. The summed E-state index contributed by atoms with van der Waals surface area (Å²) < 4.78 is 8.19. The second-order valence-corrected chi connectivity index (χ2v) is 10.4. The largest absolute Gasteiger partial charge is 0.444 e. The van der Waals surface area contributed by atoms with Crippen molar-refractivity contribution in [2.75, 3.05) is 0 Å². The van der Waals surface area contributed by atoms with Crippen molar-refractivity contribution in [1.82, 2.24) is 20.4 Å². The van der Waals surface area contributed by atoms with E-state index >= 15 is 0 Å². The zero-order valence-electron chi connectivity index (χ0n) is 19.8. The smallest absolute Gasteiger partial charge is 0.408 e. The fraction of sp³-hybridized carbons (Fsp3) is 0.346. The van der Waals surface area contributed by atoms with E-state index in [0.29, 0.717) is 12.8 Å². The first-order valence-corrected chi connectivity index (χ1v) is 12.0. The first kappa shape index (κ1) is 24.0. The van der Waals surface area contributed by atoms with Gasteiger partial charge in [0.2, 0.25) is 0 Å². The Hall–Kier alpha value is -3.13. The highest BCUT2D eigenvalue weighted by Gasteiger charge is 2.47. The Morgan fingerprint density at radius 1 is 1.15 bits per heavy atom. The summed E-state index contributed by atoms with van der Waals surface area (Å²) in [5.74, 6) is -0.276. The Kier molecular flexibility index (Phi) is 6.53. The molecule has 7 nitrogen and oxygen atoms in total. The number of hydrogen-bond donors (Lipinski definition) is 2. The molecule has 2 aromatic carbocycles. The molecule has 0 bridgehead atoms. The van der Waals surface area contributed by atoms with E-state index < -0.39 is 17.2 Å². The van der Waals surface area contributed by atoms with Crippen LogP contribution in [0.3, 0.4) is 0 Å². The van der Waals surface area contributed by atoms with Gasteiger partial charge in [0.1, 0.15) is 11.1 Å². The van der Waals surface area contributed by atoms with Gasteiger partial charge in [0.15, 0.2) is 0 Å². The monoisotopic (exact) mass is 524 g/mol. The average Bonchev–Trinajstić information content (AvgIpc) is 3.32. The van der Waals surface area contributed by atoms with Crippen LogP contribution >= 0.6 is 15.9 Å². The summed E-state index contributed by atoms with van der Waals surface area (Å²) in [4.78, 5) is 26.4. The van der Waals surface area contributed by atoms with Crippen molar-refractivity contribution in [1.29, 1.82) is 0 Å². The van der Waals surface area contributed by atoms with Gasteiger partial charge in [0.05, 0.1) is 17.9 Å². The fourth-order valence-electron chi connectivity index (χ4n) is 4.29. The van der Waals surface area contributed by atoms with Crippen LogP contribution in [0.5, 0.6) is 0 Å². The van der Waals surface area contributed by atoms with E-state index in [9.17, 15) is 9.59 Å². The van der Waals surface area contributed by atoms with E-state index in [1.54, 1.807) is 25.5 Å². The normalized spacial score (nSPS) is 17.2. The highest BCUT2D eigenvalue weighted by atomic mass is 79.9. The maximum Gasteiger partial charge on any atom is 0.408 e. The minimum atomic E-state index is -1.21. The molecule has 2 N–H and O–H groups in total. The number of nitrogens with one attached hydrogen (secondary N) is 2. The van der Waals surface area contributed by atoms with Crippen molar-refractivity contribution in [3.8, 4) is 11.3 Å². The molecule has 0 spiro atoms. The van der Waals surface area contributed by atoms with Crippen LogP contribution in [0.4, 0.5) is 4.79 Å². The SMILES string of the molecule is Cn1nc(-c2ccccc2)cc1CNC(=O)C1(NC(=O)OC(C)(C)C)CCc2cc(Br)ccc21. The predicted molar refractivity (Wildman–Crippen MR) is 134 cm³/mol. The number of halogens is 1. The number of rotatable bonds is 5. The van der Waals surface area contributed by atoms with E-state index in [-0.39, 0.29) is 12.5 Å². The van der Waals surface area contributed by atoms with Crippen LogP contribution < -0.4 is 10.6 Å². The fourth-order valence-corrected chi connectivity index (χ4v) is 4.69. The number of amides is 2. The summed E-state index contributed by atoms with van der Waals surface area (Å²) in [6, 6.07) is 17.6. The van der Waals surface area contributed by atoms with Crippen molar-refractivity contribution in [2.45, 2.75) is 51.3 Å². The lowest BCUT2D eigenvalue weighted by Crippen LogP contribution is -2.55. The van der Waals surface area contributed by atoms with Gasteiger partial charge in [0.25, 0.3) is 5.91 Å². The standard InChI is InChI=1S/C26H29BrN4O3/c1-25(2,3)34-24(33)29-26(13-12-18-14-19(27)10-11-21(18)26)23(32)28-16-20-15-22(30-31(20)4)17-8-6-5-7-9-17/h5-11,14-15H,12-13,16H2,1-4H3,(H,28,32)(H,29,33). The van der Waals surface area contributed by atoms with E-state index in [2.05, 4.69) is 31.7 Å². The van der Waals surface area contributed by atoms with E-state index in [0.717, 1.165) is 32.6 Å². The lowest BCUT2D eigenvalue weighted by Gasteiger charge is -2.31. The highest BCUT2D eigenvalue weighted by molar-refractivity contribution is 9.10. The molecule has 8 heteroatoms. The summed E-state index contributed by atoms with van der Waals surface area (Å²) >= 11 is 3.50. The summed E-state index contributed by atoms with van der Waals surface area (Å²) in [7, 11) is 1.85. The molecular weight excluding hydrogens is 496 g/mol. The molecule has 1 aliphatic carbocycles. The van der Waals surface area contributed by atoms with Gasteiger partial charge in [-0.05, 0) is 62.9 Å². The molecule has 3 aromatic rings. The zero-order chi connectivity index (χ0) is 24.5. The zero-order valence-corrected chi connectivity index (χ0v) is 21.4. The molecule has 0 fully saturated rings. The number of nitrogens with zero attached hydrogens (tertiary/aromatic N) is 2. The summed E-state index contributed by atoms with van der Waals surface area (Å²) in [5, 5.41) is 10.5. The van der Waals surface area contributed by atoms with Crippen LogP contribution in [-0.2, 0) is 35.1 Å². The summed E-state index contributed by atoms with van der Waals surface area (Å²) in [5.41, 5.74) is 2.62. The third kappa shape index (κ3) is 5.01. The van der Waals surface area contributed by atoms with E-state index in [4.69, 9.17) is 4.74 Å². The molecule has 2 amide bonds. The number of benzene rings is 2. The van der Waals surface area contributed by atoms with Crippen molar-refractivity contribution in [3.63, 3.8) is 0 Å². The molecule has 0 radical (unpaired) electrons.